The first-order chi connectivity index (χ1) is 7.68. The number of nitrogens with one attached hydrogen (secondary N) is 1. The zero-order chi connectivity index (χ0) is 11.5. The molecule has 1 N–H and O–H groups in total. The molecule has 16 heavy (non-hydrogen) atoms. The fraction of sp³-hybridized carbons (Fsp3) is 0.571. The van der Waals surface area contributed by atoms with Gasteiger partial charge in [0.2, 0.25) is 0 Å². The van der Waals surface area contributed by atoms with Gasteiger partial charge in [0.1, 0.15) is 0 Å². The molecule has 2 rings (SSSR count). The normalized spacial score (nSPS) is 21.5. The SMILES string of the molecule is CC1CN(c2ccccc2C(C)C)CCN1. The molecule has 1 saturated heterocycles. The van der Waals surface area contributed by atoms with Crippen LogP contribution in [0.5, 0.6) is 0 Å². The summed E-state index contributed by atoms with van der Waals surface area (Å²) >= 11 is 0. The molecular weight excluding hydrogens is 196 g/mol. The first-order valence-corrected chi connectivity index (χ1v) is 6.25. The summed E-state index contributed by atoms with van der Waals surface area (Å²) in [4.78, 5) is 2.51. The predicted octanol–water partition coefficient (Wildman–Crippen LogP) is 2.61. The molecule has 1 fully saturated rings. The van der Waals surface area contributed by atoms with E-state index in [1.165, 1.54) is 11.3 Å². The molecule has 0 radical (unpaired) electrons. The van der Waals surface area contributed by atoms with Crippen molar-refractivity contribution >= 4 is 5.69 Å². The van der Waals surface area contributed by atoms with Gasteiger partial charge in [-0.25, -0.2) is 0 Å². The van der Waals surface area contributed by atoms with Crippen LogP contribution in [-0.2, 0) is 0 Å². The minimum atomic E-state index is 0.592. The Morgan fingerprint density at radius 2 is 2.06 bits per heavy atom. The van der Waals surface area contributed by atoms with E-state index in [0.29, 0.717) is 12.0 Å². The van der Waals surface area contributed by atoms with Gasteiger partial charge in [0.15, 0.2) is 0 Å². The van der Waals surface area contributed by atoms with Gasteiger partial charge in [-0.05, 0) is 24.5 Å². The number of para-hydroxylation sites is 1. The third kappa shape index (κ3) is 2.38. The molecule has 0 aromatic heterocycles. The number of rotatable bonds is 2. The molecule has 1 heterocycles. The number of anilines is 1. The van der Waals surface area contributed by atoms with Crippen LogP contribution in [-0.4, -0.2) is 25.7 Å². The van der Waals surface area contributed by atoms with E-state index in [2.05, 4.69) is 55.3 Å². The van der Waals surface area contributed by atoms with E-state index in [1.807, 2.05) is 0 Å². The van der Waals surface area contributed by atoms with Gasteiger partial charge in [0.05, 0.1) is 0 Å². The standard InChI is InChI=1S/C14H22N2/c1-11(2)13-6-4-5-7-14(13)16-9-8-15-12(3)10-16/h4-7,11-12,15H,8-10H2,1-3H3. The first kappa shape index (κ1) is 11.5. The number of nitrogens with zero attached hydrogens (tertiary/aromatic N) is 1. The predicted molar refractivity (Wildman–Crippen MR) is 70.2 cm³/mol. The van der Waals surface area contributed by atoms with Gasteiger partial charge in [-0.15, -0.1) is 0 Å². The van der Waals surface area contributed by atoms with Crippen LogP contribution in [0.4, 0.5) is 5.69 Å². The monoisotopic (exact) mass is 218 g/mol. The molecule has 2 nitrogen and oxygen atoms in total. The zero-order valence-electron chi connectivity index (χ0n) is 10.5. The smallest absolute Gasteiger partial charge is 0.0402 e. The molecule has 0 aliphatic carbocycles. The summed E-state index contributed by atoms with van der Waals surface area (Å²) in [5, 5.41) is 3.49. The Bertz CT molecular complexity index is 346. The summed E-state index contributed by atoms with van der Waals surface area (Å²) in [6.07, 6.45) is 0. The lowest BCUT2D eigenvalue weighted by Crippen LogP contribution is -2.49. The third-order valence-electron chi connectivity index (χ3n) is 3.27. The molecule has 1 unspecified atom stereocenters. The topological polar surface area (TPSA) is 15.3 Å². The fourth-order valence-corrected chi connectivity index (χ4v) is 2.41. The Morgan fingerprint density at radius 3 is 2.75 bits per heavy atom. The second-order valence-electron chi connectivity index (χ2n) is 5.01. The Balaban J connectivity index is 2.25. The highest BCUT2D eigenvalue weighted by Crippen LogP contribution is 2.27. The highest BCUT2D eigenvalue weighted by molar-refractivity contribution is 5.55. The van der Waals surface area contributed by atoms with Gasteiger partial charge in [0, 0.05) is 31.4 Å². The molecule has 1 atom stereocenters. The van der Waals surface area contributed by atoms with Crippen LogP contribution in [0.1, 0.15) is 32.3 Å². The van der Waals surface area contributed by atoms with Gasteiger partial charge in [-0.2, -0.15) is 0 Å². The van der Waals surface area contributed by atoms with E-state index < -0.39 is 0 Å². The molecule has 2 heteroatoms. The van der Waals surface area contributed by atoms with E-state index in [-0.39, 0.29) is 0 Å². The minimum absolute atomic E-state index is 0.592. The third-order valence-corrected chi connectivity index (χ3v) is 3.27. The van der Waals surface area contributed by atoms with Crippen molar-refractivity contribution in [3.63, 3.8) is 0 Å². The van der Waals surface area contributed by atoms with Crippen LogP contribution in [0.2, 0.25) is 0 Å². The van der Waals surface area contributed by atoms with Gasteiger partial charge in [-0.1, -0.05) is 32.0 Å². The van der Waals surface area contributed by atoms with Gasteiger partial charge in [-0.3, -0.25) is 0 Å². The van der Waals surface area contributed by atoms with Crippen LogP contribution in [0.25, 0.3) is 0 Å². The van der Waals surface area contributed by atoms with E-state index in [4.69, 9.17) is 0 Å². The highest BCUT2D eigenvalue weighted by Gasteiger charge is 2.18. The average molecular weight is 218 g/mol. The van der Waals surface area contributed by atoms with Crippen molar-refractivity contribution in [2.45, 2.75) is 32.7 Å². The lowest BCUT2D eigenvalue weighted by Gasteiger charge is -2.35. The van der Waals surface area contributed by atoms with Crippen molar-refractivity contribution in [1.82, 2.24) is 5.32 Å². The maximum absolute atomic E-state index is 3.49. The molecule has 0 amide bonds. The molecule has 88 valence electrons. The largest absolute Gasteiger partial charge is 0.368 e. The Labute approximate surface area is 98.7 Å². The summed E-state index contributed by atoms with van der Waals surface area (Å²) in [5.74, 6) is 0.599. The molecule has 0 bridgehead atoms. The van der Waals surface area contributed by atoms with Crippen LogP contribution < -0.4 is 10.2 Å². The van der Waals surface area contributed by atoms with Crippen LogP contribution in [0.15, 0.2) is 24.3 Å². The fourth-order valence-electron chi connectivity index (χ4n) is 2.41. The second-order valence-corrected chi connectivity index (χ2v) is 5.01. The molecular formula is C14H22N2. The summed E-state index contributed by atoms with van der Waals surface area (Å²) in [5.41, 5.74) is 2.89. The molecule has 1 aromatic rings. The van der Waals surface area contributed by atoms with E-state index in [1.54, 1.807) is 0 Å². The number of hydrogen-bond acceptors (Lipinski definition) is 2. The summed E-state index contributed by atoms with van der Waals surface area (Å²) < 4.78 is 0. The average Bonchev–Trinajstić information content (AvgIpc) is 2.29. The van der Waals surface area contributed by atoms with Gasteiger partial charge >= 0.3 is 0 Å². The van der Waals surface area contributed by atoms with E-state index >= 15 is 0 Å². The Kier molecular flexibility index (Phi) is 3.49. The Hall–Kier alpha value is -1.02. The number of hydrogen-bond donors (Lipinski definition) is 1. The minimum Gasteiger partial charge on any atom is -0.368 e. The van der Waals surface area contributed by atoms with Crippen LogP contribution in [0, 0.1) is 0 Å². The van der Waals surface area contributed by atoms with Gasteiger partial charge < -0.3 is 10.2 Å². The second kappa shape index (κ2) is 4.88. The van der Waals surface area contributed by atoms with Crippen molar-refractivity contribution in [3.05, 3.63) is 29.8 Å². The number of benzene rings is 1. The molecule has 1 aromatic carbocycles. The lowest BCUT2D eigenvalue weighted by atomic mass is 10.00. The molecule has 0 saturated carbocycles. The summed E-state index contributed by atoms with van der Waals surface area (Å²) in [6.45, 7) is 10.1. The highest BCUT2D eigenvalue weighted by atomic mass is 15.2. The number of piperazine rings is 1. The zero-order valence-corrected chi connectivity index (χ0v) is 10.5. The lowest BCUT2D eigenvalue weighted by molar-refractivity contribution is 0.483. The molecule has 1 aliphatic heterocycles. The molecule has 0 spiro atoms. The maximum atomic E-state index is 3.49. The van der Waals surface area contributed by atoms with E-state index in [0.717, 1.165) is 19.6 Å². The van der Waals surface area contributed by atoms with Crippen LogP contribution >= 0.6 is 0 Å². The van der Waals surface area contributed by atoms with Gasteiger partial charge in [0.25, 0.3) is 0 Å². The summed E-state index contributed by atoms with van der Waals surface area (Å²) in [6, 6.07) is 9.40. The van der Waals surface area contributed by atoms with Crippen molar-refractivity contribution in [2.24, 2.45) is 0 Å². The summed E-state index contributed by atoms with van der Waals surface area (Å²) in [7, 11) is 0. The first-order valence-electron chi connectivity index (χ1n) is 6.25. The van der Waals surface area contributed by atoms with Crippen molar-refractivity contribution in [3.8, 4) is 0 Å². The van der Waals surface area contributed by atoms with Crippen LogP contribution in [0.3, 0.4) is 0 Å². The quantitative estimate of drug-likeness (QED) is 0.821. The Morgan fingerprint density at radius 1 is 1.31 bits per heavy atom. The maximum Gasteiger partial charge on any atom is 0.0402 e. The molecule has 1 aliphatic rings. The van der Waals surface area contributed by atoms with Crippen molar-refractivity contribution < 1.29 is 0 Å². The van der Waals surface area contributed by atoms with Crippen molar-refractivity contribution in [2.75, 3.05) is 24.5 Å². The van der Waals surface area contributed by atoms with Crippen molar-refractivity contribution in [1.29, 1.82) is 0 Å². The van der Waals surface area contributed by atoms with E-state index in [9.17, 15) is 0 Å².